The lowest BCUT2D eigenvalue weighted by Crippen LogP contribution is -2.20. The van der Waals surface area contributed by atoms with Gasteiger partial charge in [-0.1, -0.05) is 18.5 Å². The molecule has 0 spiro atoms. The number of aromatic nitrogens is 2. The van der Waals surface area contributed by atoms with Crippen molar-refractivity contribution in [1.29, 1.82) is 0 Å². The molecule has 0 N–H and O–H groups in total. The second-order valence-electron chi connectivity index (χ2n) is 2.27. The first-order valence-corrected chi connectivity index (χ1v) is 3.75. The Balaban J connectivity index is 3.32. The molecule has 1 aromatic rings. The maximum absolute atomic E-state index is 11.0. The van der Waals surface area contributed by atoms with E-state index in [1.807, 2.05) is 6.92 Å². The number of nitrogens with zero attached hydrogens (tertiary/aromatic N) is 2. The zero-order chi connectivity index (χ0) is 8.43. The highest BCUT2D eigenvalue weighted by Gasteiger charge is 2.00. The van der Waals surface area contributed by atoms with Crippen molar-refractivity contribution in [3.05, 3.63) is 27.1 Å². The summed E-state index contributed by atoms with van der Waals surface area (Å²) in [5, 5.41) is 4.21. The highest BCUT2D eigenvalue weighted by molar-refractivity contribution is 6.30. The molecular formula is C7H9ClN2O. The molecular weight excluding hydrogens is 164 g/mol. The SMILES string of the molecule is CCc1cc(Cl)c(=O)n(C)n1. The van der Waals surface area contributed by atoms with Gasteiger partial charge >= 0.3 is 0 Å². The van der Waals surface area contributed by atoms with Gasteiger partial charge in [0.05, 0.1) is 5.69 Å². The monoisotopic (exact) mass is 172 g/mol. The van der Waals surface area contributed by atoms with Crippen molar-refractivity contribution < 1.29 is 0 Å². The van der Waals surface area contributed by atoms with Crippen LogP contribution in [0.1, 0.15) is 12.6 Å². The lowest BCUT2D eigenvalue weighted by molar-refractivity contribution is 0.681. The highest BCUT2D eigenvalue weighted by atomic mass is 35.5. The summed E-state index contributed by atoms with van der Waals surface area (Å²) in [6, 6.07) is 1.60. The van der Waals surface area contributed by atoms with Gasteiger partial charge in [0.1, 0.15) is 5.02 Å². The van der Waals surface area contributed by atoms with Gasteiger partial charge < -0.3 is 0 Å². The molecule has 3 nitrogen and oxygen atoms in total. The standard InChI is InChI=1S/C7H9ClN2O/c1-3-5-4-6(8)7(11)10(2)9-5/h4H,3H2,1-2H3. The first-order valence-electron chi connectivity index (χ1n) is 3.38. The molecule has 0 aliphatic rings. The fraction of sp³-hybridized carbons (Fsp3) is 0.429. The summed E-state index contributed by atoms with van der Waals surface area (Å²) in [5.74, 6) is 0. The van der Waals surface area contributed by atoms with E-state index in [0.717, 1.165) is 12.1 Å². The Morgan fingerprint density at radius 2 is 2.36 bits per heavy atom. The summed E-state index contributed by atoms with van der Waals surface area (Å²) in [5.41, 5.74) is 0.584. The van der Waals surface area contributed by atoms with Crippen LogP contribution in [0.2, 0.25) is 5.02 Å². The Bertz CT molecular complexity index is 292. The van der Waals surface area contributed by atoms with E-state index in [-0.39, 0.29) is 10.6 Å². The van der Waals surface area contributed by atoms with Crippen LogP contribution in [0.25, 0.3) is 0 Å². The fourth-order valence-corrected chi connectivity index (χ4v) is 1.05. The molecule has 0 atom stereocenters. The Labute approximate surface area is 69.6 Å². The van der Waals surface area contributed by atoms with Crippen LogP contribution >= 0.6 is 11.6 Å². The first-order chi connectivity index (χ1) is 5.15. The second kappa shape index (κ2) is 3.05. The zero-order valence-electron chi connectivity index (χ0n) is 6.47. The Morgan fingerprint density at radius 1 is 1.73 bits per heavy atom. The molecule has 0 fully saturated rings. The van der Waals surface area contributed by atoms with E-state index < -0.39 is 0 Å². The van der Waals surface area contributed by atoms with Crippen LogP contribution in [0.5, 0.6) is 0 Å². The molecule has 0 aliphatic heterocycles. The summed E-state index contributed by atoms with van der Waals surface area (Å²) in [7, 11) is 1.59. The van der Waals surface area contributed by atoms with Crippen LogP contribution < -0.4 is 5.56 Å². The smallest absolute Gasteiger partial charge is 0.266 e. The normalized spacial score (nSPS) is 10.1. The van der Waals surface area contributed by atoms with E-state index in [1.165, 1.54) is 4.68 Å². The van der Waals surface area contributed by atoms with Crippen molar-refractivity contribution in [3.63, 3.8) is 0 Å². The van der Waals surface area contributed by atoms with Crippen molar-refractivity contribution in [2.45, 2.75) is 13.3 Å². The van der Waals surface area contributed by atoms with Gasteiger partial charge in [-0.15, -0.1) is 0 Å². The van der Waals surface area contributed by atoms with E-state index in [0.29, 0.717) is 0 Å². The largest absolute Gasteiger partial charge is 0.285 e. The third-order valence-electron chi connectivity index (χ3n) is 1.43. The summed E-state index contributed by atoms with van der Waals surface area (Å²) < 4.78 is 1.25. The maximum atomic E-state index is 11.0. The van der Waals surface area contributed by atoms with Crippen molar-refractivity contribution in [3.8, 4) is 0 Å². The molecule has 0 amide bonds. The molecule has 0 bridgehead atoms. The van der Waals surface area contributed by atoms with Crippen molar-refractivity contribution in [1.82, 2.24) is 9.78 Å². The molecule has 0 aliphatic carbocycles. The van der Waals surface area contributed by atoms with Crippen LogP contribution in [0.3, 0.4) is 0 Å². The number of rotatable bonds is 1. The van der Waals surface area contributed by atoms with Gasteiger partial charge in [0.25, 0.3) is 5.56 Å². The summed E-state index contributed by atoms with van der Waals surface area (Å²) in [4.78, 5) is 11.0. The lowest BCUT2D eigenvalue weighted by Gasteiger charge is -1.99. The third-order valence-corrected chi connectivity index (χ3v) is 1.70. The van der Waals surface area contributed by atoms with Crippen LogP contribution in [-0.4, -0.2) is 9.78 Å². The molecule has 0 saturated heterocycles. The van der Waals surface area contributed by atoms with Gasteiger partial charge in [0, 0.05) is 7.05 Å². The molecule has 0 aromatic carbocycles. The van der Waals surface area contributed by atoms with E-state index in [9.17, 15) is 4.79 Å². The topological polar surface area (TPSA) is 34.9 Å². The minimum Gasteiger partial charge on any atom is -0.266 e. The first kappa shape index (κ1) is 8.27. The Kier molecular flexibility index (Phi) is 2.29. The molecule has 1 rings (SSSR count). The van der Waals surface area contributed by atoms with Crippen molar-refractivity contribution in [2.24, 2.45) is 7.05 Å². The number of halogens is 1. The molecule has 0 saturated carbocycles. The molecule has 11 heavy (non-hydrogen) atoms. The predicted octanol–water partition coefficient (Wildman–Crippen LogP) is 0.996. The highest BCUT2D eigenvalue weighted by Crippen LogP contribution is 2.02. The Hall–Kier alpha value is -0.830. The lowest BCUT2D eigenvalue weighted by atomic mass is 10.3. The number of aryl methyl sites for hydroxylation is 2. The number of hydrogen-bond donors (Lipinski definition) is 0. The maximum Gasteiger partial charge on any atom is 0.285 e. The summed E-state index contributed by atoms with van der Waals surface area (Å²) >= 11 is 5.62. The van der Waals surface area contributed by atoms with E-state index in [4.69, 9.17) is 11.6 Å². The van der Waals surface area contributed by atoms with Gasteiger partial charge in [0.2, 0.25) is 0 Å². The minimum absolute atomic E-state index is 0.236. The fourth-order valence-electron chi connectivity index (χ4n) is 0.802. The molecule has 0 radical (unpaired) electrons. The van der Waals surface area contributed by atoms with Gasteiger partial charge in [-0.25, -0.2) is 4.68 Å². The molecule has 1 aromatic heterocycles. The zero-order valence-corrected chi connectivity index (χ0v) is 7.22. The van der Waals surface area contributed by atoms with E-state index in [2.05, 4.69) is 5.10 Å². The quantitative estimate of drug-likeness (QED) is 0.634. The predicted molar refractivity (Wildman–Crippen MR) is 43.9 cm³/mol. The van der Waals surface area contributed by atoms with Crippen LogP contribution in [0, 0.1) is 0 Å². The van der Waals surface area contributed by atoms with Crippen LogP contribution in [0.4, 0.5) is 0 Å². The molecule has 1 heterocycles. The van der Waals surface area contributed by atoms with Gasteiger partial charge in [-0.2, -0.15) is 5.10 Å². The van der Waals surface area contributed by atoms with Gasteiger partial charge in [0.15, 0.2) is 0 Å². The van der Waals surface area contributed by atoms with Crippen LogP contribution in [-0.2, 0) is 13.5 Å². The average molecular weight is 173 g/mol. The van der Waals surface area contributed by atoms with Crippen molar-refractivity contribution in [2.75, 3.05) is 0 Å². The molecule has 60 valence electrons. The second-order valence-corrected chi connectivity index (χ2v) is 2.67. The third kappa shape index (κ3) is 1.60. The van der Waals surface area contributed by atoms with E-state index in [1.54, 1.807) is 13.1 Å². The van der Waals surface area contributed by atoms with E-state index >= 15 is 0 Å². The molecule has 4 heteroatoms. The Morgan fingerprint density at radius 3 is 2.82 bits per heavy atom. The van der Waals surface area contributed by atoms with Gasteiger partial charge in [-0.05, 0) is 12.5 Å². The molecule has 0 unspecified atom stereocenters. The summed E-state index contributed by atoms with van der Waals surface area (Å²) in [6.45, 7) is 1.96. The number of hydrogen-bond acceptors (Lipinski definition) is 2. The summed E-state index contributed by atoms with van der Waals surface area (Å²) in [6.07, 6.45) is 0.786. The van der Waals surface area contributed by atoms with Gasteiger partial charge in [-0.3, -0.25) is 4.79 Å². The average Bonchev–Trinajstić information content (AvgIpc) is 1.99. The van der Waals surface area contributed by atoms with Crippen LogP contribution in [0.15, 0.2) is 10.9 Å². The van der Waals surface area contributed by atoms with Crippen molar-refractivity contribution >= 4 is 11.6 Å². The minimum atomic E-state index is -0.246.